The summed E-state index contributed by atoms with van der Waals surface area (Å²) in [5.41, 5.74) is 9.47. The highest BCUT2D eigenvalue weighted by Crippen LogP contribution is 2.17. The van der Waals surface area contributed by atoms with Gasteiger partial charge in [-0.1, -0.05) is 18.2 Å². The van der Waals surface area contributed by atoms with E-state index in [1.165, 1.54) is 0 Å². The van der Waals surface area contributed by atoms with Gasteiger partial charge in [0.05, 0.1) is 0 Å². The van der Waals surface area contributed by atoms with Crippen LogP contribution < -0.4 is 11.1 Å². The van der Waals surface area contributed by atoms with Crippen molar-refractivity contribution < 1.29 is 9.59 Å². The SMILES string of the molecule is CC(=O)N(Cc1ccc(NC(=O)c2cc(N)ccc2C)cc1)C(C)C. The highest BCUT2D eigenvalue weighted by Gasteiger charge is 2.13. The maximum atomic E-state index is 12.4. The molecule has 5 heteroatoms. The quantitative estimate of drug-likeness (QED) is 0.818. The zero-order valence-electron chi connectivity index (χ0n) is 15.2. The molecule has 0 heterocycles. The molecule has 2 rings (SSSR count). The number of benzene rings is 2. The number of nitrogens with one attached hydrogen (secondary N) is 1. The molecule has 5 nitrogen and oxygen atoms in total. The monoisotopic (exact) mass is 339 g/mol. The van der Waals surface area contributed by atoms with Crippen LogP contribution in [0.4, 0.5) is 11.4 Å². The van der Waals surface area contributed by atoms with E-state index in [9.17, 15) is 9.59 Å². The van der Waals surface area contributed by atoms with Crippen LogP contribution in [0.1, 0.15) is 42.3 Å². The largest absolute Gasteiger partial charge is 0.399 e. The zero-order valence-corrected chi connectivity index (χ0v) is 15.2. The molecular formula is C20H25N3O2. The molecule has 25 heavy (non-hydrogen) atoms. The molecule has 3 N–H and O–H groups in total. The number of amides is 2. The fraction of sp³-hybridized carbons (Fsp3) is 0.300. The van der Waals surface area contributed by atoms with E-state index in [-0.39, 0.29) is 17.9 Å². The second-order valence-corrected chi connectivity index (χ2v) is 6.47. The molecule has 0 aromatic heterocycles. The lowest BCUT2D eigenvalue weighted by molar-refractivity contribution is -0.131. The number of nitrogen functional groups attached to an aromatic ring is 1. The number of nitrogens with zero attached hydrogens (tertiary/aromatic N) is 1. The van der Waals surface area contributed by atoms with Gasteiger partial charge in [0.1, 0.15) is 0 Å². The molecule has 0 fully saturated rings. The summed E-state index contributed by atoms with van der Waals surface area (Å²) < 4.78 is 0. The Hall–Kier alpha value is -2.82. The minimum atomic E-state index is -0.190. The van der Waals surface area contributed by atoms with E-state index in [1.807, 2.05) is 51.1 Å². The summed E-state index contributed by atoms with van der Waals surface area (Å²) in [7, 11) is 0. The fourth-order valence-electron chi connectivity index (χ4n) is 2.63. The highest BCUT2D eigenvalue weighted by atomic mass is 16.2. The molecule has 0 saturated carbocycles. The summed E-state index contributed by atoms with van der Waals surface area (Å²) in [5.74, 6) is -0.144. The van der Waals surface area contributed by atoms with Crippen LogP contribution in [0.15, 0.2) is 42.5 Å². The van der Waals surface area contributed by atoms with E-state index in [0.717, 1.165) is 11.1 Å². The normalized spacial score (nSPS) is 10.6. The molecule has 0 aliphatic heterocycles. The van der Waals surface area contributed by atoms with Crippen LogP contribution in [-0.2, 0) is 11.3 Å². The van der Waals surface area contributed by atoms with Gasteiger partial charge in [-0.3, -0.25) is 9.59 Å². The van der Waals surface area contributed by atoms with Gasteiger partial charge in [-0.2, -0.15) is 0 Å². The second kappa shape index (κ2) is 7.83. The van der Waals surface area contributed by atoms with Gasteiger partial charge in [-0.15, -0.1) is 0 Å². The summed E-state index contributed by atoms with van der Waals surface area (Å²) in [5, 5.41) is 2.88. The molecule has 0 spiro atoms. The molecule has 2 aromatic carbocycles. The van der Waals surface area contributed by atoms with Crippen LogP contribution in [0, 0.1) is 6.92 Å². The van der Waals surface area contributed by atoms with E-state index in [1.54, 1.807) is 24.0 Å². The summed E-state index contributed by atoms with van der Waals surface area (Å²) in [6, 6.07) is 12.9. The smallest absolute Gasteiger partial charge is 0.256 e. The van der Waals surface area contributed by atoms with Crippen molar-refractivity contribution >= 4 is 23.2 Å². The number of anilines is 2. The first-order valence-corrected chi connectivity index (χ1v) is 8.31. The Morgan fingerprint density at radius 3 is 2.32 bits per heavy atom. The number of rotatable bonds is 5. The van der Waals surface area contributed by atoms with Crippen molar-refractivity contribution in [3.05, 3.63) is 59.2 Å². The molecule has 2 amide bonds. The Balaban J connectivity index is 2.08. The number of hydrogen-bond donors (Lipinski definition) is 2. The molecule has 0 unspecified atom stereocenters. The molecule has 0 radical (unpaired) electrons. The molecule has 2 aromatic rings. The molecule has 0 aliphatic rings. The molecule has 0 saturated heterocycles. The summed E-state index contributed by atoms with van der Waals surface area (Å²) >= 11 is 0. The third-order valence-electron chi connectivity index (χ3n) is 4.10. The van der Waals surface area contributed by atoms with Crippen molar-refractivity contribution in [1.29, 1.82) is 0 Å². The van der Waals surface area contributed by atoms with Crippen molar-refractivity contribution in [2.45, 2.75) is 40.3 Å². The third kappa shape index (κ3) is 4.83. The topological polar surface area (TPSA) is 75.4 Å². The molecule has 0 atom stereocenters. The first-order valence-electron chi connectivity index (χ1n) is 8.31. The number of nitrogens with two attached hydrogens (primary N) is 1. The molecule has 0 aliphatic carbocycles. The summed E-state index contributed by atoms with van der Waals surface area (Å²) in [6.45, 7) is 7.98. The zero-order chi connectivity index (χ0) is 18.6. The van der Waals surface area contributed by atoms with Gasteiger partial charge in [0.15, 0.2) is 0 Å². The van der Waals surface area contributed by atoms with E-state index < -0.39 is 0 Å². The van der Waals surface area contributed by atoms with Gasteiger partial charge in [0, 0.05) is 36.4 Å². The van der Waals surface area contributed by atoms with E-state index in [2.05, 4.69) is 5.32 Å². The maximum Gasteiger partial charge on any atom is 0.256 e. The fourth-order valence-corrected chi connectivity index (χ4v) is 2.63. The lowest BCUT2D eigenvalue weighted by Crippen LogP contribution is -2.34. The lowest BCUT2D eigenvalue weighted by Gasteiger charge is -2.25. The van der Waals surface area contributed by atoms with Crippen LogP contribution in [0.3, 0.4) is 0 Å². The molecule has 0 bridgehead atoms. The van der Waals surface area contributed by atoms with Crippen molar-refractivity contribution in [2.24, 2.45) is 0 Å². The van der Waals surface area contributed by atoms with Crippen molar-refractivity contribution in [3.63, 3.8) is 0 Å². The number of aryl methyl sites for hydroxylation is 1. The third-order valence-corrected chi connectivity index (χ3v) is 4.10. The van der Waals surface area contributed by atoms with E-state index in [0.29, 0.717) is 23.5 Å². The van der Waals surface area contributed by atoms with E-state index in [4.69, 9.17) is 5.73 Å². The highest BCUT2D eigenvalue weighted by molar-refractivity contribution is 6.05. The van der Waals surface area contributed by atoms with Crippen LogP contribution in [0.25, 0.3) is 0 Å². The second-order valence-electron chi connectivity index (χ2n) is 6.47. The number of hydrogen-bond acceptors (Lipinski definition) is 3. The molecular weight excluding hydrogens is 314 g/mol. The minimum absolute atomic E-state index is 0.0459. The van der Waals surface area contributed by atoms with Crippen LogP contribution in [-0.4, -0.2) is 22.8 Å². The standard InChI is InChI=1S/C20H25N3O2/c1-13(2)23(15(4)24)12-16-6-9-18(10-7-16)22-20(25)19-11-17(21)8-5-14(19)3/h5-11,13H,12,21H2,1-4H3,(H,22,25). The van der Waals surface area contributed by atoms with Gasteiger partial charge in [-0.25, -0.2) is 0 Å². The summed E-state index contributed by atoms with van der Waals surface area (Å²) in [6.07, 6.45) is 0. The number of carbonyl (C=O) groups is 2. The average Bonchev–Trinajstić information content (AvgIpc) is 2.55. The summed E-state index contributed by atoms with van der Waals surface area (Å²) in [4.78, 5) is 25.9. The minimum Gasteiger partial charge on any atom is -0.399 e. The Labute approximate surface area is 148 Å². The van der Waals surface area contributed by atoms with Gasteiger partial charge in [0.2, 0.25) is 5.91 Å². The Bertz CT molecular complexity index is 767. The van der Waals surface area contributed by atoms with Gasteiger partial charge in [-0.05, 0) is 56.2 Å². The van der Waals surface area contributed by atoms with Crippen LogP contribution >= 0.6 is 0 Å². The van der Waals surface area contributed by atoms with Gasteiger partial charge in [0.25, 0.3) is 5.91 Å². The Morgan fingerprint density at radius 2 is 1.76 bits per heavy atom. The number of carbonyl (C=O) groups excluding carboxylic acids is 2. The Kier molecular flexibility index (Phi) is 5.80. The van der Waals surface area contributed by atoms with Crippen molar-refractivity contribution in [3.8, 4) is 0 Å². The van der Waals surface area contributed by atoms with Gasteiger partial charge >= 0.3 is 0 Å². The lowest BCUT2D eigenvalue weighted by atomic mass is 10.1. The van der Waals surface area contributed by atoms with Crippen LogP contribution in [0.5, 0.6) is 0 Å². The predicted octanol–water partition coefficient (Wildman–Crippen LogP) is 3.59. The first kappa shape index (κ1) is 18.5. The van der Waals surface area contributed by atoms with Crippen molar-refractivity contribution in [1.82, 2.24) is 4.90 Å². The maximum absolute atomic E-state index is 12.4. The van der Waals surface area contributed by atoms with Gasteiger partial charge < -0.3 is 16.0 Å². The predicted molar refractivity (Wildman–Crippen MR) is 101 cm³/mol. The molecule has 132 valence electrons. The van der Waals surface area contributed by atoms with E-state index >= 15 is 0 Å². The first-order chi connectivity index (χ1) is 11.8. The average molecular weight is 339 g/mol. The van der Waals surface area contributed by atoms with Crippen molar-refractivity contribution in [2.75, 3.05) is 11.1 Å². The van der Waals surface area contributed by atoms with Crippen LogP contribution in [0.2, 0.25) is 0 Å². The Morgan fingerprint density at radius 1 is 1.12 bits per heavy atom.